The normalized spacial score (nSPS) is 11.6. The van der Waals surface area contributed by atoms with Crippen LogP contribution in [0.5, 0.6) is 0 Å². The number of rotatable bonds is 4. The molecule has 92 valence electrons. The third kappa shape index (κ3) is 3.67. The highest BCUT2D eigenvalue weighted by Gasteiger charge is 2.10. The van der Waals surface area contributed by atoms with E-state index in [0.717, 1.165) is 0 Å². The first kappa shape index (κ1) is 12.8. The maximum atomic E-state index is 11.8. The van der Waals surface area contributed by atoms with Gasteiger partial charge in [0.15, 0.2) is 5.84 Å². The highest BCUT2D eigenvalue weighted by Crippen LogP contribution is 2.00. The maximum Gasteiger partial charge on any atom is 0.270 e. The van der Waals surface area contributed by atoms with E-state index in [0.29, 0.717) is 5.56 Å². The van der Waals surface area contributed by atoms with Gasteiger partial charge in [0.05, 0.1) is 6.54 Å². The predicted octanol–water partition coefficient (Wildman–Crippen LogP) is 0.171. The van der Waals surface area contributed by atoms with Crippen LogP contribution in [0.1, 0.15) is 16.1 Å². The van der Waals surface area contributed by atoms with Crippen molar-refractivity contribution in [2.24, 2.45) is 10.9 Å². The Morgan fingerprint density at radius 2 is 2.29 bits per heavy atom. The Balaban J connectivity index is 2.71. The summed E-state index contributed by atoms with van der Waals surface area (Å²) in [7, 11) is 0. The van der Waals surface area contributed by atoms with Crippen LogP contribution in [0.2, 0.25) is 0 Å². The van der Waals surface area contributed by atoms with E-state index in [1.54, 1.807) is 0 Å². The first-order valence-corrected chi connectivity index (χ1v) is 4.55. The molecule has 17 heavy (non-hydrogen) atoms. The van der Waals surface area contributed by atoms with E-state index in [-0.39, 0.29) is 11.5 Å². The SMILES string of the molecule is N/C(=N/O)c1ccc(C(=O)NCC(F)F)nc1. The third-order valence-electron chi connectivity index (χ3n) is 1.82. The molecule has 0 aliphatic heterocycles. The van der Waals surface area contributed by atoms with Crippen LogP contribution in [0.25, 0.3) is 0 Å². The van der Waals surface area contributed by atoms with E-state index in [9.17, 15) is 13.6 Å². The van der Waals surface area contributed by atoms with Crippen molar-refractivity contribution in [2.45, 2.75) is 6.43 Å². The molecule has 0 radical (unpaired) electrons. The second-order valence-electron chi connectivity index (χ2n) is 3.02. The van der Waals surface area contributed by atoms with Crippen LogP contribution in [0, 0.1) is 0 Å². The van der Waals surface area contributed by atoms with Crippen molar-refractivity contribution in [3.63, 3.8) is 0 Å². The van der Waals surface area contributed by atoms with Crippen molar-refractivity contribution in [1.29, 1.82) is 0 Å². The molecule has 8 heteroatoms. The van der Waals surface area contributed by atoms with Crippen LogP contribution < -0.4 is 11.1 Å². The van der Waals surface area contributed by atoms with E-state index in [4.69, 9.17) is 10.9 Å². The molecule has 0 fully saturated rings. The Morgan fingerprint density at radius 1 is 1.59 bits per heavy atom. The highest BCUT2D eigenvalue weighted by atomic mass is 19.3. The summed E-state index contributed by atoms with van der Waals surface area (Å²) in [6, 6.07) is 2.67. The van der Waals surface area contributed by atoms with Crippen molar-refractivity contribution in [2.75, 3.05) is 6.54 Å². The van der Waals surface area contributed by atoms with Crippen molar-refractivity contribution in [1.82, 2.24) is 10.3 Å². The number of hydrogen-bond donors (Lipinski definition) is 3. The number of nitrogens with zero attached hydrogens (tertiary/aromatic N) is 2. The average molecular weight is 244 g/mol. The van der Waals surface area contributed by atoms with E-state index < -0.39 is 18.9 Å². The van der Waals surface area contributed by atoms with Gasteiger partial charge in [0.2, 0.25) is 0 Å². The Hall–Kier alpha value is -2.25. The Bertz CT molecular complexity index is 420. The van der Waals surface area contributed by atoms with Crippen molar-refractivity contribution < 1.29 is 18.8 Å². The Kier molecular flexibility index (Phi) is 4.32. The Morgan fingerprint density at radius 3 is 2.76 bits per heavy atom. The number of oxime groups is 1. The summed E-state index contributed by atoms with van der Waals surface area (Å²) in [5, 5.41) is 13.1. The molecule has 0 saturated carbocycles. The van der Waals surface area contributed by atoms with Crippen LogP contribution in [0.15, 0.2) is 23.5 Å². The summed E-state index contributed by atoms with van der Waals surface area (Å²) < 4.78 is 23.7. The molecule has 1 aromatic heterocycles. The standard InChI is InChI=1S/C9H10F2N4O2/c10-7(11)4-14-9(16)6-2-1-5(3-13-6)8(12)15-17/h1-3,7,17H,4H2,(H2,12,15)(H,14,16). The van der Waals surface area contributed by atoms with Crippen LogP contribution >= 0.6 is 0 Å². The first-order valence-electron chi connectivity index (χ1n) is 4.55. The number of carbonyl (C=O) groups is 1. The van der Waals surface area contributed by atoms with Gasteiger partial charge in [0, 0.05) is 11.8 Å². The summed E-state index contributed by atoms with van der Waals surface area (Å²) in [5.74, 6) is -0.867. The number of nitrogens with two attached hydrogens (primary N) is 1. The van der Waals surface area contributed by atoms with E-state index in [1.807, 2.05) is 5.32 Å². The predicted molar refractivity (Wildman–Crippen MR) is 55.1 cm³/mol. The number of amides is 1. The van der Waals surface area contributed by atoms with Gasteiger partial charge in [-0.25, -0.2) is 8.78 Å². The van der Waals surface area contributed by atoms with Crippen LogP contribution in [-0.2, 0) is 0 Å². The van der Waals surface area contributed by atoms with Crippen LogP contribution in [0.3, 0.4) is 0 Å². The molecule has 0 bridgehead atoms. The molecule has 1 amide bonds. The minimum Gasteiger partial charge on any atom is -0.409 e. The van der Waals surface area contributed by atoms with E-state index >= 15 is 0 Å². The van der Waals surface area contributed by atoms with E-state index in [1.165, 1.54) is 18.3 Å². The van der Waals surface area contributed by atoms with Crippen molar-refractivity contribution >= 4 is 11.7 Å². The van der Waals surface area contributed by atoms with Crippen molar-refractivity contribution in [3.05, 3.63) is 29.6 Å². The number of pyridine rings is 1. The minimum atomic E-state index is -2.62. The molecule has 0 atom stereocenters. The van der Waals surface area contributed by atoms with E-state index in [2.05, 4.69) is 10.1 Å². The maximum absolute atomic E-state index is 11.8. The molecular weight excluding hydrogens is 234 g/mol. The lowest BCUT2D eigenvalue weighted by Gasteiger charge is -2.04. The molecule has 1 heterocycles. The van der Waals surface area contributed by atoms with Gasteiger partial charge in [0.1, 0.15) is 5.69 Å². The zero-order valence-electron chi connectivity index (χ0n) is 8.60. The topological polar surface area (TPSA) is 101 Å². The quantitative estimate of drug-likeness (QED) is 0.304. The number of halogens is 2. The fourth-order valence-corrected chi connectivity index (χ4v) is 0.998. The van der Waals surface area contributed by atoms with Gasteiger partial charge in [-0.05, 0) is 12.1 Å². The number of alkyl halides is 2. The highest BCUT2D eigenvalue weighted by molar-refractivity contribution is 5.98. The Labute approximate surface area is 95.1 Å². The summed E-state index contributed by atoms with van der Waals surface area (Å²) in [6.45, 7) is -0.734. The lowest BCUT2D eigenvalue weighted by Crippen LogP contribution is -2.29. The summed E-state index contributed by atoms with van der Waals surface area (Å²) in [6.07, 6.45) is -1.41. The summed E-state index contributed by atoms with van der Waals surface area (Å²) >= 11 is 0. The monoisotopic (exact) mass is 244 g/mol. The fraction of sp³-hybridized carbons (Fsp3) is 0.222. The molecule has 1 rings (SSSR count). The van der Waals surface area contributed by atoms with Crippen LogP contribution in [-0.4, -0.2) is 34.9 Å². The van der Waals surface area contributed by atoms with Gasteiger partial charge in [-0.3, -0.25) is 9.78 Å². The molecule has 0 saturated heterocycles. The number of amidine groups is 1. The lowest BCUT2D eigenvalue weighted by molar-refractivity contribution is 0.0887. The zero-order chi connectivity index (χ0) is 12.8. The molecule has 4 N–H and O–H groups in total. The first-order chi connectivity index (χ1) is 8.04. The fourth-order valence-electron chi connectivity index (χ4n) is 0.998. The molecule has 0 aliphatic carbocycles. The third-order valence-corrected chi connectivity index (χ3v) is 1.82. The summed E-state index contributed by atoms with van der Waals surface area (Å²) in [4.78, 5) is 15.0. The van der Waals surface area contributed by atoms with Gasteiger partial charge in [-0.2, -0.15) is 0 Å². The zero-order valence-corrected chi connectivity index (χ0v) is 8.60. The molecule has 0 unspecified atom stereocenters. The number of carbonyl (C=O) groups excluding carboxylic acids is 1. The number of hydrogen-bond acceptors (Lipinski definition) is 4. The van der Waals surface area contributed by atoms with Gasteiger partial charge >= 0.3 is 0 Å². The minimum absolute atomic E-state index is 0.0276. The largest absolute Gasteiger partial charge is 0.409 e. The molecule has 0 spiro atoms. The lowest BCUT2D eigenvalue weighted by atomic mass is 10.2. The summed E-state index contributed by atoms with van der Waals surface area (Å²) in [5.41, 5.74) is 5.57. The molecule has 0 aromatic carbocycles. The molecule has 0 aliphatic rings. The number of aromatic nitrogens is 1. The molecular formula is C9H10F2N4O2. The smallest absolute Gasteiger partial charge is 0.270 e. The number of nitrogens with one attached hydrogen (secondary N) is 1. The van der Waals surface area contributed by atoms with Crippen molar-refractivity contribution in [3.8, 4) is 0 Å². The molecule has 1 aromatic rings. The van der Waals surface area contributed by atoms with Crippen LogP contribution in [0.4, 0.5) is 8.78 Å². The van der Waals surface area contributed by atoms with Gasteiger partial charge in [-0.1, -0.05) is 5.16 Å². The molecule has 6 nitrogen and oxygen atoms in total. The van der Waals surface area contributed by atoms with Gasteiger partial charge < -0.3 is 16.3 Å². The second kappa shape index (κ2) is 5.73. The van der Waals surface area contributed by atoms with Gasteiger partial charge in [0.25, 0.3) is 12.3 Å². The average Bonchev–Trinajstić information content (AvgIpc) is 2.35. The second-order valence-corrected chi connectivity index (χ2v) is 3.02. The van der Waals surface area contributed by atoms with Gasteiger partial charge in [-0.15, -0.1) is 0 Å².